The summed E-state index contributed by atoms with van der Waals surface area (Å²) in [7, 11) is 0. The third-order valence-electron chi connectivity index (χ3n) is 11.6. The van der Waals surface area contributed by atoms with Gasteiger partial charge in [0.2, 0.25) is 0 Å². The summed E-state index contributed by atoms with van der Waals surface area (Å²) >= 11 is 0. The van der Waals surface area contributed by atoms with E-state index in [0.717, 1.165) is 105 Å². The van der Waals surface area contributed by atoms with Gasteiger partial charge < -0.3 is 8.83 Å². The van der Waals surface area contributed by atoms with Crippen molar-refractivity contribution in [2.24, 2.45) is 0 Å². The summed E-state index contributed by atoms with van der Waals surface area (Å²) in [4.78, 5) is 16.2. The van der Waals surface area contributed by atoms with E-state index in [-0.39, 0.29) is 0 Å². The molecule has 0 aliphatic heterocycles. The van der Waals surface area contributed by atoms with E-state index in [1.54, 1.807) is 0 Å². The molecule has 0 amide bonds. The van der Waals surface area contributed by atoms with E-state index in [1.165, 1.54) is 0 Å². The zero-order chi connectivity index (χ0) is 39.6. The molecule has 0 N–H and O–H groups in total. The number of nitrogens with zero attached hydrogens (tertiary/aromatic N) is 3. The van der Waals surface area contributed by atoms with E-state index < -0.39 is 0 Å². The summed E-state index contributed by atoms with van der Waals surface area (Å²) < 4.78 is 12.9. The fourth-order valence-electron chi connectivity index (χ4n) is 8.75. The molecule has 5 nitrogen and oxygen atoms in total. The summed E-state index contributed by atoms with van der Waals surface area (Å²) in [6.45, 7) is 0. The van der Waals surface area contributed by atoms with Crippen LogP contribution in [0.5, 0.6) is 0 Å². The molecule has 0 saturated heterocycles. The summed E-state index contributed by atoms with van der Waals surface area (Å²) in [5.74, 6) is 1.67. The smallest absolute Gasteiger partial charge is 0.165 e. The van der Waals surface area contributed by atoms with Gasteiger partial charge in [0.1, 0.15) is 22.3 Å². The Morgan fingerprint density at radius 2 is 0.817 bits per heavy atom. The van der Waals surface area contributed by atoms with Crippen LogP contribution < -0.4 is 0 Å². The normalized spacial score (nSPS) is 11.7. The van der Waals surface area contributed by atoms with Gasteiger partial charge in [-0.25, -0.2) is 15.0 Å². The number of rotatable bonds is 6. The summed E-state index contributed by atoms with van der Waals surface area (Å²) in [6, 6.07) is 69.3. The minimum atomic E-state index is 0.544. The van der Waals surface area contributed by atoms with Crippen molar-refractivity contribution in [3.05, 3.63) is 200 Å². The zero-order valence-electron chi connectivity index (χ0n) is 32.2. The Bertz CT molecular complexity index is 3610. The van der Waals surface area contributed by atoms with Crippen molar-refractivity contribution in [2.75, 3.05) is 0 Å². The molecule has 5 heteroatoms. The average Bonchev–Trinajstić information content (AvgIpc) is 3.89. The number of aromatic nitrogens is 3. The highest BCUT2D eigenvalue weighted by atomic mass is 16.3. The van der Waals surface area contributed by atoms with E-state index in [2.05, 4.69) is 152 Å². The lowest BCUT2D eigenvalue weighted by Gasteiger charge is -2.15. The van der Waals surface area contributed by atoms with Crippen LogP contribution in [-0.2, 0) is 0 Å². The molecule has 0 radical (unpaired) electrons. The minimum Gasteiger partial charge on any atom is -0.456 e. The number of benzene rings is 9. The topological polar surface area (TPSA) is 65.0 Å². The molecule has 12 rings (SSSR count). The molecular weight excluding hydrogens is 735 g/mol. The van der Waals surface area contributed by atoms with Gasteiger partial charge in [-0.05, 0) is 92.7 Å². The molecule has 0 atom stereocenters. The van der Waals surface area contributed by atoms with E-state index in [0.29, 0.717) is 17.5 Å². The maximum absolute atomic E-state index is 6.53. The van der Waals surface area contributed by atoms with E-state index in [4.69, 9.17) is 23.8 Å². The maximum Gasteiger partial charge on any atom is 0.165 e. The van der Waals surface area contributed by atoms with E-state index in [1.807, 2.05) is 48.5 Å². The van der Waals surface area contributed by atoms with Crippen LogP contribution in [0.25, 0.3) is 122 Å². The average molecular weight is 768 g/mol. The largest absolute Gasteiger partial charge is 0.456 e. The third kappa shape index (κ3) is 5.59. The molecule has 60 heavy (non-hydrogen) atoms. The van der Waals surface area contributed by atoms with Gasteiger partial charge in [0.15, 0.2) is 17.5 Å². The predicted molar refractivity (Wildman–Crippen MR) is 245 cm³/mol. The van der Waals surface area contributed by atoms with Gasteiger partial charge in [-0.1, -0.05) is 152 Å². The van der Waals surface area contributed by atoms with Crippen LogP contribution in [0.2, 0.25) is 0 Å². The number of para-hydroxylation sites is 2. The van der Waals surface area contributed by atoms with Crippen LogP contribution >= 0.6 is 0 Å². The quantitative estimate of drug-likeness (QED) is 0.169. The van der Waals surface area contributed by atoms with E-state index in [9.17, 15) is 0 Å². The van der Waals surface area contributed by atoms with Crippen molar-refractivity contribution in [1.29, 1.82) is 0 Å². The highest BCUT2D eigenvalue weighted by molar-refractivity contribution is 6.15. The molecule has 0 fully saturated rings. The maximum atomic E-state index is 6.53. The Morgan fingerprint density at radius 1 is 0.267 bits per heavy atom. The number of furan rings is 2. The Balaban J connectivity index is 1.16. The molecule has 12 aromatic rings. The van der Waals surface area contributed by atoms with E-state index >= 15 is 0 Å². The Morgan fingerprint density at radius 3 is 1.62 bits per heavy atom. The second-order valence-electron chi connectivity index (χ2n) is 15.1. The lowest BCUT2D eigenvalue weighted by molar-refractivity contribution is 0.668. The minimum absolute atomic E-state index is 0.544. The summed E-state index contributed by atoms with van der Waals surface area (Å²) in [5, 5.41) is 6.23. The van der Waals surface area contributed by atoms with Crippen LogP contribution in [0.3, 0.4) is 0 Å². The monoisotopic (exact) mass is 767 g/mol. The molecule has 0 saturated carbocycles. The van der Waals surface area contributed by atoms with Crippen molar-refractivity contribution < 1.29 is 8.83 Å². The van der Waals surface area contributed by atoms with Crippen molar-refractivity contribution in [2.45, 2.75) is 0 Å². The summed E-state index contributed by atoms with van der Waals surface area (Å²) in [6.07, 6.45) is 0. The summed E-state index contributed by atoms with van der Waals surface area (Å²) in [5.41, 5.74) is 12.4. The van der Waals surface area contributed by atoms with Gasteiger partial charge in [0, 0.05) is 38.2 Å². The highest BCUT2D eigenvalue weighted by Crippen LogP contribution is 2.44. The third-order valence-corrected chi connectivity index (χ3v) is 11.6. The Labute approximate surface area is 344 Å². The number of fused-ring (bicyclic) bond motifs is 7. The van der Waals surface area contributed by atoms with Crippen molar-refractivity contribution in [3.63, 3.8) is 0 Å². The molecule has 3 heterocycles. The van der Waals surface area contributed by atoms with Crippen molar-refractivity contribution in [3.8, 4) is 67.5 Å². The van der Waals surface area contributed by atoms with Crippen molar-refractivity contribution in [1.82, 2.24) is 15.0 Å². The van der Waals surface area contributed by atoms with Crippen LogP contribution in [0.1, 0.15) is 0 Å². The zero-order valence-corrected chi connectivity index (χ0v) is 32.2. The van der Waals surface area contributed by atoms with Gasteiger partial charge >= 0.3 is 0 Å². The van der Waals surface area contributed by atoms with Gasteiger partial charge in [-0.3, -0.25) is 0 Å². The fraction of sp³-hybridized carbons (Fsp3) is 0. The first-order valence-corrected chi connectivity index (χ1v) is 20.1. The number of hydrogen-bond donors (Lipinski definition) is 0. The second-order valence-corrected chi connectivity index (χ2v) is 15.1. The molecule has 3 aromatic heterocycles. The Hall–Kier alpha value is -8.15. The molecule has 0 unspecified atom stereocenters. The molecular formula is C55H33N3O2. The predicted octanol–water partition coefficient (Wildman–Crippen LogP) is 14.8. The molecule has 0 aliphatic rings. The van der Waals surface area contributed by atoms with Gasteiger partial charge in [0.05, 0.1) is 0 Å². The van der Waals surface area contributed by atoms with Gasteiger partial charge in [0.25, 0.3) is 0 Å². The SMILES string of the molecule is c1ccc(-c2cccc(-c3ccc4oc5ccccc5c4c3-c3nc(-c4ccc5c(c4)oc4ccccc45)nc(-c4ccc(-c5ccccc5)c5ccccc45)n3)c2)cc1. The first-order valence-electron chi connectivity index (χ1n) is 20.1. The Kier molecular flexibility index (Phi) is 7.78. The lowest BCUT2D eigenvalue weighted by Crippen LogP contribution is -2.02. The first kappa shape index (κ1) is 33.9. The molecule has 9 aromatic carbocycles. The van der Waals surface area contributed by atoms with Crippen LogP contribution in [0, 0.1) is 0 Å². The van der Waals surface area contributed by atoms with Crippen molar-refractivity contribution >= 4 is 54.6 Å². The van der Waals surface area contributed by atoms with Gasteiger partial charge in [-0.2, -0.15) is 0 Å². The fourth-order valence-corrected chi connectivity index (χ4v) is 8.75. The second kappa shape index (κ2) is 13.8. The first-order chi connectivity index (χ1) is 29.7. The highest BCUT2D eigenvalue weighted by Gasteiger charge is 2.23. The number of hydrogen-bond acceptors (Lipinski definition) is 5. The molecule has 0 bridgehead atoms. The van der Waals surface area contributed by atoms with Gasteiger partial charge in [-0.15, -0.1) is 0 Å². The van der Waals surface area contributed by atoms with Crippen LogP contribution in [0.15, 0.2) is 209 Å². The standard InChI is InChI=1S/C55H33N3O2/c1-3-14-34(15-4-1)36-18-13-19-37(32-36)40-30-31-49-51(46-23-10-12-25-48(46)59-49)52(40)55-57-53(38-26-27-44-43-22-9-11-24-47(43)60-50(44)33-38)56-54(58-55)45-29-28-39(35-16-5-2-6-17-35)41-20-7-8-21-42(41)45/h1-33H. The molecule has 280 valence electrons. The van der Waals surface area contributed by atoms with Crippen LogP contribution in [0.4, 0.5) is 0 Å². The molecule has 0 aliphatic carbocycles. The van der Waals surface area contributed by atoms with Crippen LogP contribution in [-0.4, -0.2) is 15.0 Å². The lowest BCUT2D eigenvalue weighted by atomic mass is 9.92. The molecule has 0 spiro atoms.